The number of aliphatic hydroxyl groups excluding tert-OH is 3. The first-order valence-electron chi connectivity index (χ1n) is 25.4. The Hall–Kier alpha value is -4.36. The molecule has 73 heavy (non-hydrogen) atoms. The van der Waals surface area contributed by atoms with Crippen molar-refractivity contribution in [3.8, 4) is 0 Å². The molecule has 0 aliphatic carbocycles. The molecule has 0 aromatic carbocycles. The number of aromatic nitrogens is 2. The summed E-state index contributed by atoms with van der Waals surface area (Å²) in [5.74, 6) is -1.43. The first-order valence-corrected chi connectivity index (χ1v) is 28.3. The van der Waals surface area contributed by atoms with Gasteiger partial charge in [-0.15, -0.1) is 0 Å². The number of nitrogens with two attached hydrogens (primary N) is 1. The maximum atomic E-state index is 12.9. The summed E-state index contributed by atoms with van der Waals surface area (Å²) in [6.45, 7) is 1.82. The summed E-state index contributed by atoms with van der Waals surface area (Å²) in [6.07, 6.45) is 39.6. The number of hydrogen-bond donors (Lipinski definition) is 6. The third-order valence-corrected chi connectivity index (χ3v) is 13.4. The van der Waals surface area contributed by atoms with Crippen LogP contribution in [-0.2, 0) is 46.3 Å². The molecule has 1 saturated heterocycles. The summed E-state index contributed by atoms with van der Waals surface area (Å²) in [6, 6.07) is 1.24. The van der Waals surface area contributed by atoms with E-state index in [-0.39, 0.29) is 18.7 Å². The van der Waals surface area contributed by atoms with Crippen LogP contribution in [0.5, 0.6) is 0 Å². The molecule has 1 aliphatic rings. The molecule has 2 heterocycles. The number of anilines is 1. The molecule has 19 nitrogen and oxygen atoms in total. The summed E-state index contributed by atoms with van der Waals surface area (Å²) in [5.41, 5.74) is 4.57. The quantitative estimate of drug-likeness (QED) is 0.0117. The van der Waals surface area contributed by atoms with Crippen molar-refractivity contribution >= 4 is 33.4 Å². The number of allylic oxidation sites excluding steroid dienone is 15. The molecule has 0 bridgehead atoms. The fourth-order valence-electron chi connectivity index (χ4n) is 6.82. The Balaban J connectivity index is 1.85. The smallest absolute Gasteiger partial charge is 0.462 e. The van der Waals surface area contributed by atoms with Crippen LogP contribution in [0.15, 0.2) is 114 Å². The zero-order chi connectivity index (χ0) is 53.6. The van der Waals surface area contributed by atoms with E-state index in [2.05, 4.69) is 71.8 Å². The third kappa shape index (κ3) is 31.9. The lowest BCUT2D eigenvalue weighted by Gasteiger charge is -2.21. The second-order valence-electron chi connectivity index (χ2n) is 17.1. The van der Waals surface area contributed by atoms with Gasteiger partial charge in [-0.25, -0.2) is 13.9 Å². The Labute approximate surface area is 431 Å². The molecule has 21 heteroatoms. The molecule has 1 aromatic heterocycles. The van der Waals surface area contributed by atoms with E-state index in [9.17, 15) is 48.6 Å². The number of phosphoric ester groups is 2. The second-order valence-corrected chi connectivity index (χ2v) is 20.2. The highest BCUT2D eigenvalue weighted by atomic mass is 31.3. The van der Waals surface area contributed by atoms with Gasteiger partial charge in [0.2, 0.25) is 0 Å². The lowest BCUT2D eigenvalue weighted by atomic mass is 10.1. The van der Waals surface area contributed by atoms with E-state index in [0.29, 0.717) is 25.7 Å². The molecular weight excluding hydrogens is 985 g/mol. The van der Waals surface area contributed by atoms with Crippen LogP contribution >= 0.6 is 15.6 Å². The summed E-state index contributed by atoms with van der Waals surface area (Å²) in [4.78, 5) is 61.9. The number of phosphoric acid groups is 2. The van der Waals surface area contributed by atoms with Gasteiger partial charge in [0.05, 0.1) is 19.3 Å². The van der Waals surface area contributed by atoms with Crippen molar-refractivity contribution in [2.45, 2.75) is 173 Å². The molecule has 2 unspecified atom stereocenters. The van der Waals surface area contributed by atoms with Gasteiger partial charge in [0.1, 0.15) is 30.7 Å². The Bertz CT molecular complexity index is 2120. The van der Waals surface area contributed by atoms with Gasteiger partial charge in [0, 0.05) is 19.0 Å². The van der Waals surface area contributed by atoms with Crippen LogP contribution < -0.4 is 11.4 Å². The molecule has 7 N–H and O–H groups in total. The van der Waals surface area contributed by atoms with Gasteiger partial charge in [-0.3, -0.25) is 23.2 Å². The number of nitrogens with zero attached hydrogens (tertiary/aromatic N) is 2. The van der Waals surface area contributed by atoms with Gasteiger partial charge >= 0.3 is 33.3 Å². The second kappa shape index (κ2) is 39.1. The average molecular weight is 1070 g/mol. The number of esters is 2. The van der Waals surface area contributed by atoms with Crippen LogP contribution in [0.4, 0.5) is 5.82 Å². The summed E-state index contributed by atoms with van der Waals surface area (Å²) in [7, 11) is -10.9. The molecule has 8 atom stereocenters. The van der Waals surface area contributed by atoms with Crippen LogP contribution in [0.25, 0.3) is 0 Å². The summed E-state index contributed by atoms with van der Waals surface area (Å²) >= 11 is 0. The number of ether oxygens (including phenoxy) is 3. The zero-order valence-corrected chi connectivity index (χ0v) is 44.3. The van der Waals surface area contributed by atoms with Crippen molar-refractivity contribution in [2.75, 3.05) is 25.6 Å². The minimum Gasteiger partial charge on any atom is -0.462 e. The van der Waals surface area contributed by atoms with Crippen LogP contribution in [0.1, 0.15) is 142 Å². The number of carbonyl (C=O) groups is 2. The van der Waals surface area contributed by atoms with Gasteiger partial charge in [0.25, 0.3) is 0 Å². The summed E-state index contributed by atoms with van der Waals surface area (Å²) < 4.78 is 56.7. The van der Waals surface area contributed by atoms with Crippen molar-refractivity contribution in [3.05, 3.63) is 120 Å². The van der Waals surface area contributed by atoms with Crippen molar-refractivity contribution in [3.63, 3.8) is 0 Å². The van der Waals surface area contributed by atoms with E-state index in [1.54, 1.807) is 6.08 Å². The predicted molar refractivity (Wildman–Crippen MR) is 281 cm³/mol. The Kier molecular flexibility index (Phi) is 34.7. The fraction of sp³-hybridized carbons (Fsp3) is 0.577. The standard InChI is InChI=1S/C52H81N3O16P2/c1-3-5-7-8-9-10-11-12-13-14-15-16-19-23-26-29-33-37-48(58)69-44(40-66-47(57)36-32-28-25-22-20-17-18-21-24-27-31-35-43(56)34-30-6-4-2)41-67-72(62,63)71-73(64,65)68-42-45-49(59)50(60)51(70-45)55-39-38-46(53)54-52(55)61/h5,7,9-10,12-13,15-18,22,24-25,27,31,35,38-39,43-45,49-51,56,59-60H,3-4,6,8,11,14,19-21,23,26,28-30,32-34,36-37,40-42H2,1-2H3,(H,62,63)(H,64,65)(H2,53,54,61)/b7-5-,10-9-,13-12-,16-15-,18-17-,25-22-,27-24-,35-31+/t43-,44-,45-,49-,50-,51-/m1/s1. The van der Waals surface area contributed by atoms with Crippen molar-refractivity contribution < 1.29 is 71.4 Å². The zero-order valence-electron chi connectivity index (χ0n) is 42.5. The Morgan fingerprint density at radius 1 is 0.740 bits per heavy atom. The average Bonchev–Trinajstić information content (AvgIpc) is 3.62. The van der Waals surface area contributed by atoms with E-state index < -0.39 is 89.8 Å². The Morgan fingerprint density at radius 2 is 1.33 bits per heavy atom. The Morgan fingerprint density at radius 3 is 1.97 bits per heavy atom. The van der Waals surface area contributed by atoms with E-state index in [1.807, 2.05) is 42.5 Å². The van der Waals surface area contributed by atoms with E-state index in [1.165, 1.54) is 6.07 Å². The first kappa shape index (κ1) is 64.8. The number of aliphatic hydroxyl groups is 3. The SMILES string of the molecule is CC/C=C\C/C=C\C/C=C\C/C=C\CCCCCCC(=O)O[C@H](COC(=O)CCC/C=C\C/C=C\C/C=C\C=C\[C@H](O)CCCCC)COP(=O)(O)OP(=O)(O)OC[C@H]1O[C@@H](n2ccc(N)nc2=O)[C@H](O)[C@@H]1O. The van der Waals surface area contributed by atoms with Crippen LogP contribution in [0, 0.1) is 0 Å². The molecule has 1 fully saturated rings. The van der Waals surface area contributed by atoms with Crippen LogP contribution in [0.3, 0.4) is 0 Å². The largest absolute Gasteiger partial charge is 0.481 e. The van der Waals surface area contributed by atoms with Crippen LogP contribution in [0.2, 0.25) is 0 Å². The molecule has 2 rings (SSSR count). The molecule has 1 aromatic rings. The minimum absolute atomic E-state index is 0.00463. The highest BCUT2D eigenvalue weighted by molar-refractivity contribution is 7.61. The summed E-state index contributed by atoms with van der Waals surface area (Å²) in [5, 5.41) is 30.8. The van der Waals surface area contributed by atoms with E-state index >= 15 is 0 Å². The number of nitrogen functional groups attached to an aromatic ring is 1. The molecular formula is C52H81N3O16P2. The number of rotatable bonds is 40. The number of carbonyl (C=O) groups excluding carboxylic acids is 2. The monoisotopic (exact) mass is 1070 g/mol. The lowest BCUT2D eigenvalue weighted by molar-refractivity contribution is -0.161. The maximum absolute atomic E-state index is 12.9. The van der Waals surface area contributed by atoms with Gasteiger partial charge in [-0.2, -0.15) is 9.29 Å². The lowest BCUT2D eigenvalue weighted by Crippen LogP contribution is -2.36. The highest BCUT2D eigenvalue weighted by Gasteiger charge is 2.46. The van der Waals surface area contributed by atoms with Gasteiger partial charge < -0.3 is 45.1 Å². The van der Waals surface area contributed by atoms with Gasteiger partial charge in [-0.05, 0) is 83.1 Å². The molecule has 0 radical (unpaired) electrons. The van der Waals surface area contributed by atoms with Crippen LogP contribution in [-0.4, -0.2) is 96.9 Å². The van der Waals surface area contributed by atoms with Gasteiger partial charge in [0.15, 0.2) is 12.3 Å². The number of hydrogen-bond acceptors (Lipinski definition) is 16. The fourth-order valence-corrected chi connectivity index (χ4v) is 8.93. The highest BCUT2D eigenvalue weighted by Crippen LogP contribution is 2.60. The van der Waals surface area contributed by atoms with E-state index in [4.69, 9.17) is 29.0 Å². The number of unbranched alkanes of at least 4 members (excludes halogenated alkanes) is 7. The maximum Gasteiger partial charge on any atom is 0.481 e. The minimum atomic E-state index is -5.45. The molecule has 0 saturated carbocycles. The first-order chi connectivity index (χ1) is 35.1. The third-order valence-electron chi connectivity index (χ3n) is 10.8. The van der Waals surface area contributed by atoms with Crippen molar-refractivity contribution in [1.29, 1.82) is 0 Å². The molecule has 1 aliphatic heterocycles. The molecule has 410 valence electrons. The van der Waals surface area contributed by atoms with E-state index in [0.717, 1.165) is 94.2 Å². The normalized spacial score (nSPS) is 20.2. The predicted octanol–water partition coefficient (Wildman–Crippen LogP) is 9.41. The van der Waals surface area contributed by atoms with Gasteiger partial charge in [-0.1, -0.05) is 143 Å². The van der Waals surface area contributed by atoms with Crippen molar-refractivity contribution in [2.24, 2.45) is 0 Å². The topological polar surface area (TPSA) is 286 Å². The molecule has 0 spiro atoms. The van der Waals surface area contributed by atoms with Crippen molar-refractivity contribution in [1.82, 2.24) is 9.55 Å². The molecule has 0 amide bonds.